The van der Waals surface area contributed by atoms with E-state index in [9.17, 15) is 0 Å². The first-order chi connectivity index (χ1) is 9.05. The summed E-state index contributed by atoms with van der Waals surface area (Å²) in [4.78, 5) is 0. The Morgan fingerprint density at radius 3 is 2.37 bits per heavy atom. The van der Waals surface area contributed by atoms with E-state index in [0.717, 1.165) is 16.3 Å². The minimum atomic E-state index is -1.71. The maximum atomic E-state index is 5.71. The highest BCUT2D eigenvalue weighted by Gasteiger charge is 2.30. The zero-order chi connectivity index (χ0) is 13.5. The molecule has 0 aliphatic heterocycles. The van der Waals surface area contributed by atoms with Crippen LogP contribution in [0.1, 0.15) is 5.89 Å². The van der Waals surface area contributed by atoms with Crippen LogP contribution in [0.15, 0.2) is 46.9 Å². The largest absolute Gasteiger partial charge is 0.416 e. The highest BCUT2D eigenvalue weighted by atomic mass is 35.6. The molecule has 96 valence electrons. The Morgan fingerprint density at radius 2 is 1.63 bits per heavy atom. The third kappa shape index (κ3) is 2.41. The van der Waals surface area contributed by atoms with E-state index in [1.54, 1.807) is 0 Å². The molecular formula is C13H7Cl3N2O. The summed E-state index contributed by atoms with van der Waals surface area (Å²) in [7, 11) is 0. The van der Waals surface area contributed by atoms with Gasteiger partial charge in [-0.25, -0.2) is 0 Å². The van der Waals surface area contributed by atoms with Crippen molar-refractivity contribution in [3.05, 3.63) is 48.4 Å². The van der Waals surface area contributed by atoms with Crippen LogP contribution >= 0.6 is 34.8 Å². The van der Waals surface area contributed by atoms with Gasteiger partial charge >= 0.3 is 0 Å². The maximum absolute atomic E-state index is 5.71. The lowest BCUT2D eigenvalue weighted by atomic mass is 10.0. The fraction of sp³-hybridized carbons (Fsp3) is 0.0769. The maximum Gasteiger partial charge on any atom is 0.268 e. The molecule has 0 fully saturated rings. The number of alkyl halides is 3. The van der Waals surface area contributed by atoms with Gasteiger partial charge < -0.3 is 4.42 Å². The number of hydrogen-bond acceptors (Lipinski definition) is 3. The molecule has 0 spiro atoms. The fourth-order valence-corrected chi connectivity index (χ4v) is 2.09. The van der Waals surface area contributed by atoms with Crippen molar-refractivity contribution >= 4 is 45.6 Å². The second-order valence-electron chi connectivity index (χ2n) is 3.94. The summed E-state index contributed by atoms with van der Waals surface area (Å²) in [5.74, 6) is 0.290. The Hall–Kier alpha value is -1.29. The van der Waals surface area contributed by atoms with Crippen molar-refractivity contribution < 1.29 is 4.42 Å². The molecule has 0 bridgehead atoms. The summed E-state index contributed by atoms with van der Waals surface area (Å²) in [6.45, 7) is 0. The number of nitrogens with zero attached hydrogens (tertiary/aromatic N) is 2. The first-order valence-electron chi connectivity index (χ1n) is 5.44. The van der Waals surface area contributed by atoms with Gasteiger partial charge in [0.05, 0.1) is 0 Å². The van der Waals surface area contributed by atoms with E-state index in [1.807, 2.05) is 42.5 Å². The Morgan fingerprint density at radius 1 is 0.895 bits per heavy atom. The van der Waals surface area contributed by atoms with Crippen LogP contribution in [0.25, 0.3) is 22.2 Å². The number of rotatable bonds is 1. The molecule has 1 heterocycles. The minimum Gasteiger partial charge on any atom is -0.416 e. The highest BCUT2D eigenvalue weighted by molar-refractivity contribution is 6.66. The van der Waals surface area contributed by atoms with Gasteiger partial charge in [0, 0.05) is 5.56 Å². The number of hydrogen-bond donors (Lipinski definition) is 0. The standard InChI is InChI=1S/C13H7Cl3N2O/c14-13(15,16)12-18-17-11(19-12)10-7-3-5-8-4-1-2-6-9(8)10/h1-7H. The van der Waals surface area contributed by atoms with Crippen LogP contribution in [0.5, 0.6) is 0 Å². The third-order valence-corrected chi connectivity index (χ3v) is 3.17. The third-order valence-electron chi connectivity index (χ3n) is 2.69. The lowest BCUT2D eigenvalue weighted by Crippen LogP contribution is -1.99. The van der Waals surface area contributed by atoms with E-state index in [0.29, 0.717) is 5.89 Å². The lowest BCUT2D eigenvalue weighted by molar-refractivity contribution is 0.515. The van der Waals surface area contributed by atoms with Gasteiger partial charge in [0.15, 0.2) is 0 Å². The summed E-state index contributed by atoms with van der Waals surface area (Å²) in [5, 5.41) is 9.77. The summed E-state index contributed by atoms with van der Waals surface area (Å²) in [6.07, 6.45) is 0. The van der Waals surface area contributed by atoms with Crippen molar-refractivity contribution in [1.29, 1.82) is 0 Å². The summed E-state index contributed by atoms with van der Waals surface area (Å²) >= 11 is 17.1. The lowest BCUT2D eigenvalue weighted by Gasteiger charge is -2.04. The molecule has 0 unspecified atom stereocenters. The Bertz CT molecular complexity index is 729. The molecule has 6 heteroatoms. The van der Waals surface area contributed by atoms with Crippen LogP contribution in [0, 0.1) is 0 Å². The smallest absolute Gasteiger partial charge is 0.268 e. The van der Waals surface area contributed by atoms with Crippen LogP contribution in [0.2, 0.25) is 0 Å². The highest BCUT2D eigenvalue weighted by Crippen LogP contribution is 2.38. The summed E-state index contributed by atoms with van der Waals surface area (Å²) < 4.78 is 3.71. The van der Waals surface area contributed by atoms with Gasteiger partial charge in [0.1, 0.15) is 0 Å². The van der Waals surface area contributed by atoms with Crippen molar-refractivity contribution in [3.63, 3.8) is 0 Å². The molecule has 0 aliphatic carbocycles. The van der Waals surface area contributed by atoms with E-state index >= 15 is 0 Å². The molecule has 0 saturated carbocycles. The van der Waals surface area contributed by atoms with Gasteiger partial charge in [-0.05, 0) is 16.8 Å². The number of halogens is 3. The van der Waals surface area contributed by atoms with Gasteiger partial charge in [-0.1, -0.05) is 71.2 Å². The van der Waals surface area contributed by atoms with Crippen LogP contribution in [0.4, 0.5) is 0 Å². The van der Waals surface area contributed by atoms with Crippen molar-refractivity contribution in [1.82, 2.24) is 10.2 Å². The van der Waals surface area contributed by atoms with Crippen LogP contribution in [0.3, 0.4) is 0 Å². The Kier molecular flexibility index (Phi) is 3.13. The monoisotopic (exact) mass is 312 g/mol. The average Bonchev–Trinajstić information content (AvgIpc) is 2.87. The van der Waals surface area contributed by atoms with E-state index < -0.39 is 3.79 Å². The summed E-state index contributed by atoms with van der Waals surface area (Å²) in [6, 6.07) is 13.7. The molecule has 3 nitrogen and oxygen atoms in total. The second kappa shape index (κ2) is 4.67. The number of benzene rings is 2. The van der Waals surface area contributed by atoms with Crippen molar-refractivity contribution in [2.24, 2.45) is 0 Å². The Labute approximate surface area is 124 Å². The average molecular weight is 314 g/mol. The van der Waals surface area contributed by atoms with E-state index in [2.05, 4.69) is 10.2 Å². The quantitative estimate of drug-likeness (QED) is 0.610. The Balaban J connectivity index is 2.17. The van der Waals surface area contributed by atoms with Gasteiger partial charge in [0.2, 0.25) is 5.89 Å². The molecule has 0 N–H and O–H groups in total. The van der Waals surface area contributed by atoms with Crippen molar-refractivity contribution in [3.8, 4) is 11.5 Å². The first kappa shape index (κ1) is 12.7. The molecule has 0 saturated heterocycles. The molecule has 19 heavy (non-hydrogen) atoms. The zero-order valence-electron chi connectivity index (χ0n) is 9.48. The molecule has 0 aliphatic rings. The predicted molar refractivity (Wildman–Crippen MR) is 76.5 cm³/mol. The fourth-order valence-electron chi connectivity index (χ4n) is 1.86. The van der Waals surface area contributed by atoms with Gasteiger partial charge in [-0.3, -0.25) is 0 Å². The molecule has 0 radical (unpaired) electrons. The molecule has 3 aromatic rings. The van der Waals surface area contributed by atoms with Gasteiger partial charge in [-0.15, -0.1) is 10.2 Å². The first-order valence-corrected chi connectivity index (χ1v) is 6.58. The van der Waals surface area contributed by atoms with Crippen molar-refractivity contribution in [2.45, 2.75) is 3.79 Å². The van der Waals surface area contributed by atoms with Crippen LogP contribution in [-0.4, -0.2) is 10.2 Å². The topological polar surface area (TPSA) is 38.9 Å². The molecular weight excluding hydrogens is 307 g/mol. The van der Waals surface area contributed by atoms with E-state index in [4.69, 9.17) is 39.2 Å². The second-order valence-corrected chi connectivity index (χ2v) is 6.22. The number of aromatic nitrogens is 2. The molecule has 0 atom stereocenters. The van der Waals surface area contributed by atoms with Crippen LogP contribution < -0.4 is 0 Å². The van der Waals surface area contributed by atoms with Crippen molar-refractivity contribution in [2.75, 3.05) is 0 Å². The van der Waals surface area contributed by atoms with E-state index in [-0.39, 0.29) is 5.89 Å². The SMILES string of the molecule is ClC(Cl)(Cl)c1nnc(-c2cccc3ccccc23)o1. The summed E-state index contributed by atoms with van der Waals surface area (Å²) in [5.41, 5.74) is 0.811. The van der Waals surface area contributed by atoms with Crippen LogP contribution in [-0.2, 0) is 3.79 Å². The molecule has 1 aromatic heterocycles. The molecule has 2 aromatic carbocycles. The molecule has 0 amide bonds. The zero-order valence-corrected chi connectivity index (χ0v) is 11.7. The molecule has 3 rings (SSSR count). The number of fused-ring (bicyclic) bond motifs is 1. The minimum absolute atomic E-state index is 0.0413. The van der Waals surface area contributed by atoms with E-state index in [1.165, 1.54) is 0 Å². The predicted octanol–water partition coefficient (Wildman–Crippen LogP) is 4.72. The van der Waals surface area contributed by atoms with Gasteiger partial charge in [-0.2, -0.15) is 0 Å². The normalized spacial score (nSPS) is 11.9. The van der Waals surface area contributed by atoms with Gasteiger partial charge in [0.25, 0.3) is 9.68 Å².